The lowest BCUT2D eigenvalue weighted by atomic mass is 10.0. The van der Waals surface area contributed by atoms with Gasteiger partial charge in [0.1, 0.15) is 17.5 Å². The molecule has 0 aliphatic heterocycles. The predicted octanol–water partition coefficient (Wildman–Crippen LogP) is 5.15. The van der Waals surface area contributed by atoms with Gasteiger partial charge in [-0.1, -0.05) is 12.1 Å². The molecule has 7 heteroatoms. The number of hydrogen-bond donors (Lipinski definition) is 0. The minimum atomic E-state index is -4.13. The predicted molar refractivity (Wildman–Crippen MR) is 98.9 cm³/mol. The molecule has 0 spiro atoms. The molecule has 28 heavy (non-hydrogen) atoms. The fourth-order valence-electron chi connectivity index (χ4n) is 3.03. The van der Waals surface area contributed by atoms with Gasteiger partial charge in [0.15, 0.2) is 0 Å². The van der Waals surface area contributed by atoms with Crippen LogP contribution in [0.5, 0.6) is 0 Å². The van der Waals surface area contributed by atoms with E-state index in [1.165, 1.54) is 36.4 Å². The SMILES string of the molecule is O=S(=O)(c1ccc(F)cc1)c1cnc2ccc(F)cc2c1-c1cccc(F)c1. The normalized spacial score (nSPS) is 11.7. The Morgan fingerprint density at radius 1 is 0.750 bits per heavy atom. The topological polar surface area (TPSA) is 47.0 Å². The molecule has 1 aromatic heterocycles. The highest BCUT2D eigenvalue weighted by molar-refractivity contribution is 7.91. The van der Waals surface area contributed by atoms with Gasteiger partial charge in [0, 0.05) is 17.1 Å². The summed E-state index contributed by atoms with van der Waals surface area (Å²) in [5.41, 5.74) is 0.755. The molecular weight excluding hydrogens is 387 g/mol. The zero-order valence-corrected chi connectivity index (χ0v) is 15.1. The zero-order chi connectivity index (χ0) is 19.9. The van der Waals surface area contributed by atoms with Crippen LogP contribution in [0, 0.1) is 17.5 Å². The number of sulfone groups is 1. The molecule has 0 N–H and O–H groups in total. The Kier molecular flexibility index (Phi) is 4.39. The van der Waals surface area contributed by atoms with Gasteiger partial charge in [-0.15, -0.1) is 0 Å². The Bertz CT molecular complexity index is 1300. The first-order chi connectivity index (χ1) is 13.4. The summed E-state index contributed by atoms with van der Waals surface area (Å²) < 4.78 is 67.4. The van der Waals surface area contributed by atoms with Crippen molar-refractivity contribution in [3.63, 3.8) is 0 Å². The first kappa shape index (κ1) is 18.2. The van der Waals surface area contributed by atoms with Gasteiger partial charge in [-0.2, -0.15) is 0 Å². The monoisotopic (exact) mass is 399 g/mol. The van der Waals surface area contributed by atoms with Crippen LogP contribution in [0.2, 0.25) is 0 Å². The van der Waals surface area contributed by atoms with Gasteiger partial charge in [0.2, 0.25) is 9.84 Å². The molecule has 0 saturated heterocycles. The summed E-state index contributed by atoms with van der Waals surface area (Å²) in [4.78, 5) is 3.76. The molecule has 0 bridgehead atoms. The molecule has 1 heterocycles. The van der Waals surface area contributed by atoms with Crippen molar-refractivity contribution < 1.29 is 21.6 Å². The van der Waals surface area contributed by atoms with Crippen molar-refractivity contribution >= 4 is 20.7 Å². The summed E-state index contributed by atoms with van der Waals surface area (Å²) in [7, 11) is -4.13. The average Bonchev–Trinajstić information content (AvgIpc) is 2.67. The summed E-state index contributed by atoms with van der Waals surface area (Å²) in [5, 5.41) is 0.230. The number of rotatable bonds is 3. The summed E-state index contributed by atoms with van der Waals surface area (Å²) in [6.07, 6.45) is 1.15. The highest BCUT2D eigenvalue weighted by Crippen LogP contribution is 2.37. The minimum Gasteiger partial charge on any atom is -0.255 e. The third-order valence-electron chi connectivity index (χ3n) is 4.32. The third-order valence-corrected chi connectivity index (χ3v) is 6.10. The van der Waals surface area contributed by atoms with Gasteiger partial charge in [-0.3, -0.25) is 4.98 Å². The Balaban J connectivity index is 2.09. The van der Waals surface area contributed by atoms with Crippen molar-refractivity contribution in [2.24, 2.45) is 0 Å². The number of hydrogen-bond acceptors (Lipinski definition) is 3. The third kappa shape index (κ3) is 3.14. The van der Waals surface area contributed by atoms with Crippen molar-refractivity contribution in [3.05, 3.63) is 90.4 Å². The van der Waals surface area contributed by atoms with Gasteiger partial charge >= 0.3 is 0 Å². The van der Waals surface area contributed by atoms with Crippen LogP contribution in [0.4, 0.5) is 13.2 Å². The molecule has 0 aliphatic carbocycles. The Hall–Kier alpha value is -3.19. The molecule has 0 atom stereocenters. The average molecular weight is 399 g/mol. The molecule has 0 unspecified atom stereocenters. The summed E-state index contributed by atoms with van der Waals surface area (Å²) >= 11 is 0. The molecule has 4 aromatic rings. The number of halogens is 3. The fourth-order valence-corrected chi connectivity index (χ4v) is 4.47. The van der Waals surface area contributed by atoms with Gasteiger partial charge in [-0.25, -0.2) is 21.6 Å². The van der Waals surface area contributed by atoms with E-state index in [1.54, 1.807) is 0 Å². The van der Waals surface area contributed by atoms with E-state index in [0.29, 0.717) is 5.52 Å². The van der Waals surface area contributed by atoms with E-state index in [0.717, 1.165) is 36.5 Å². The quantitative estimate of drug-likeness (QED) is 0.448. The van der Waals surface area contributed by atoms with E-state index in [4.69, 9.17) is 0 Å². The lowest BCUT2D eigenvalue weighted by Gasteiger charge is -2.14. The second kappa shape index (κ2) is 6.76. The highest BCUT2D eigenvalue weighted by Gasteiger charge is 2.25. The van der Waals surface area contributed by atoms with Crippen LogP contribution in [-0.4, -0.2) is 13.4 Å². The maximum absolute atomic E-state index is 13.9. The van der Waals surface area contributed by atoms with E-state index in [2.05, 4.69) is 4.98 Å². The van der Waals surface area contributed by atoms with E-state index in [9.17, 15) is 21.6 Å². The zero-order valence-electron chi connectivity index (χ0n) is 14.2. The van der Waals surface area contributed by atoms with Gasteiger partial charge < -0.3 is 0 Å². The van der Waals surface area contributed by atoms with Crippen molar-refractivity contribution in [1.82, 2.24) is 4.98 Å². The van der Waals surface area contributed by atoms with Gasteiger partial charge in [0.05, 0.1) is 15.3 Å². The van der Waals surface area contributed by atoms with Crippen LogP contribution in [0.15, 0.2) is 82.7 Å². The largest absolute Gasteiger partial charge is 0.255 e. The number of aromatic nitrogens is 1. The summed E-state index contributed by atoms with van der Waals surface area (Å²) in [5.74, 6) is -1.73. The lowest BCUT2D eigenvalue weighted by molar-refractivity contribution is 0.594. The van der Waals surface area contributed by atoms with Gasteiger partial charge in [0.25, 0.3) is 0 Å². The minimum absolute atomic E-state index is 0.133. The Labute approximate surface area is 159 Å². The molecular formula is C21H12F3NO2S. The second-order valence-corrected chi connectivity index (χ2v) is 8.04. The van der Waals surface area contributed by atoms with Gasteiger partial charge in [-0.05, 0) is 60.2 Å². The molecule has 4 rings (SSSR count). The molecule has 0 saturated carbocycles. The molecule has 0 aliphatic rings. The fraction of sp³-hybridized carbons (Fsp3) is 0. The summed E-state index contributed by atoms with van der Waals surface area (Å²) in [6.45, 7) is 0. The van der Waals surface area contributed by atoms with Crippen molar-refractivity contribution in [2.45, 2.75) is 9.79 Å². The maximum Gasteiger partial charge on any atom is 0.208 e. The van der Waals surface area contributed by atoms with E-state index < -0.39 is 27.3 Å². The van der Waals surface area contributed by atoms with E-state index >= 15 is 0 Å². The molecule has 3 nitrogen and oxygen atoms in total. The van der Waals surface area contributed by atoms with Crippen LogP contribution in [0.3, 0.4) is 0 Å². The Morgan fingerprint density at radius 2 is 1.43 bits per heavy atom. The smallest absolute Gasteiger partial charge is 0.208 e. The number of fused-ring (bicyclic) bond motifs is 1. The van der Waals surface area contributed by atoms with Crippen molar-refractivity contribution in [2.75, 3.05) is 0 Å². The molecule has 0 amide bonds. The highest BCUT2D eigenvalue weighted by atomic mass is 32.2. The van der Waals surface area contributed by atoms with Crippen LogP contribution in [0.25, 0.3) is 22.0 Å². The number of nitrogens with zero attached hydrogens (tertiary/aromatic N) is 1. The molecule has 140 valence electrons. The standard InChI is InChI=1S/C21H12F3NO2S/c22-14-4-7-17(8-5-14)28(26,27)20-12-25-19-9-6-16(24)11-18(19)21(20)13-2-1-3-15(23)10-13/h1-12H. The van der Waals surface area contributed by atoms with Crippen LogP contribution >= 0.6 is 0 Å². The van der Waals surface area contributed by atoms with Crippen LogP contribution in [-0.2, 0) is 9.84 Å². The molecule has 0 radical (unpaired) electrons. The van der Waals surface area contributed by atoms with E-state index in [-0.39, 0.29) is 26.3 Å². The maximum atomic E-state index is 13.9. The number of benzene rings is 3. The second-order valence-electron chi connectivity index (χ2n) is 6.13. The van der Waals surface area contributed by atoms with Crippen LogP contribution < -0.4 is 0 Å². The van der Waals surface area contributed by atoms with Crippen LogP contribution in [0.1, 0.15) is 0 Å². The Morgan fingerprint density at radius 3 is 2.14 bits per heavy atom. The summed E-state index contributed by atoms with van der Waals surface area (Å²) in [6, 6.07) is 13.5. The first-order valence-electron chi connectivity index (χ1n) is 8.21. The number of pyridine rings is 1. The van der Waals surface area contributed by atoms with Crippen molar-refractivity contribution in [3.8, 4) is 11.1 Å². The van der Waals surface area contributed by atoms with Crippen molar-refractivity contribution in [1.29, 1.82) is 0 Å². The lowest BCUT2D eigenvalue weighted by Crippen LogP contribution is -2.06. The molecule has 0 fully saturated rings. The molecule has 3 aromatic carbocycles. The first-order valence-corrected chi connectivity index (χ1v) is 9.69. The van der Waals surface area contributed by atoms with E-state index in [1.807, 2.05) is 0 Å².